The van der Waals surface area contributed by atoms with Crippen molar-refractivity contribution in [1.29, 1.82) is 0 Å². The average molecular weight is 401 g/mol. The van der Waals surface area contributed by atoms with Crippen LogP contribution in [0.1, 0.15) is 41.3 Å². The number of carbonyl (C=O) groups is 1. The van der Waals surface area contributed by atoms with Gasteiger partial charge in [0.1, 0.15) is 0 Å². The number of non-ortho nitro benzene ring substituents is 1. The molecule has 1 atom stereocenters. The summed E-state index contributed by atoms with van der Waals surface area (Å²) in [7, 11) is 0. The number of hydrogen-bond donors (Lipinski definition) is 0. The number of benzene rings is 2. The smallest absolute Gasteiger partial charge is 0.269 e. The molecule has 6 heteroatoms. The maximum Gasteiger partial charge on any atom is 0.269 e. The van der Waals surface area contributed by atoms with E-state index in [1.165, 1.54) is 39.9 Å². The van der Waals surface area contributed by atoms with Crippen molar-refractivity contribution in [3.8, 4) is 0 Å². The molecule has 3 aromatic rings. The van der Waals surface area contributed by atoms with Gasteiger partial charge in [-0.05, 0) is 67.7 Å². The number of carbonyl (C=O) groups excluding carboxylic acids is 1. The Morgan fingerprint density at radius 2 is 1.97 bits per heavy atom. The first kappa shape index (κ1) is 18.6. The molecule has 152 valence electrons. The number of hydrogen-bond acceptors (Lipinski definition) is 3. The van der Waals surface area contributed by atoms with Crippen LogP contribution in [0.15, 0.2) is 48.5 Å². The van der Waals surface area contributed by atoms with Crippen LogP contribution in [-0.2, 0) is 17.8 Å². The van der Waals surface area contributed by atoms with Crippen LogP contribution in [0, 0.1) is 17.0 Å². The fraction of sp³-hybridized carbons (Fsp3) is 0.292. The Morgan fingerprint density at radius 3 is 2.73 bits per heavy atom. The maximum absolute atomic E-state index is 13.1. The number of nitro benzene ring substituents is 1. The third kappa shape index (κ3) is 3.00. The molecule has 5 rings (SSSR count). The molecule has 1 unspecified atom stereocenters. The van der Waals surface area contributed by atoms with Gasteiger partial charge in [-0.15, -0.1) is 0 Å². The molecular weight excluding hydrogens is 378 g/mol. The van der Waals surface area contributed by atoms with Crippen LogP contribution in [0.5, 0.6) is 0 Å². The molecule has 0 N–H and O–H groups in total. The SMILES string of the molecule is Cc1ccc2c(c1)c1c3n2CCN(C(=O)/C=C/c2ccc([N+](=O)[O-])cc2)C3CCC1. The average Bonchev–Trinajstić information content (AvgIpc) is 3.07. The van der Waals surface area contributed by atoms with Crippen LogP contribution in [0.25, 0.3) is 17.0 Å². The Hall–Kier alpha value is -3.41. The van der Waals surface area contributed by atoms with E-state index in [9.17, 15) is 14.9 Å². The summed E-state index contributed by atoms with van der Waals surface area (Å²) < 4.78 is 2.41. The van der Waals surface area contributed by atoms with Gasteiger partial charge in [-0.1, -0.05) is 11.6 Å². The topological polar surface area (TPSA) is 68.4 Å². The number of nitrogens with zero attached hydrogens (tertiary/aromatic N) is 3. The molecule has 0 spiro atoms. The number of fused-ring (bicyclic) bond motifs is 3. The number of amides is 1. The van der Waals surface area contributed by atoms with E-state index in [2.05, 4.69) is 29.7 Å². The van der Waals surface area contributed by atoms with E-state index in [0.717, 1.165) is 31.4 Å². The summed E-state index contributed by atoms with van der Waals surface area (Å²) in [4.78, 5) is 25.4. The minimum atomic E-state index is -0.423. The van der Waals surface area contributed by atoms with Gasteiger partial charge in [0.05, 0.1) is 11.0 Å². The number of aromatic nitrogens is 1. The molecule has 30 heavy (non-hydrogen) atoms. The van der Waals surface area contributed by atoms with E-state index >= 15 is 0 Å². The van der Waals surface area contributed by atoms with Gasteiger partial charge in [0.25, 0.3) is 5.69 Å². The minimum Gasteiger partial charge on any atom is -0.341 e. The second-order valence-corrected chi connectivity index (χ2v) is 8.16. The Kier molecular flexibility index (Phi) is 4.42. The molecule has 2 aliphatic rings. The van der Waals surface area contributed by atoms with Crippen molar-refractivity contribution in [2.24, 2.45) is 0 Å². The second-order valence-electron chi connectivity index (χ2n) is 8.16. The highest BCUT2D eigenvalue weighted by atomic mass is 16.6. The monoisotopic (exact) mass is 401 g/mol. The van der Waals surface area contributed by atoms with E-state index in [1.807, 2.05) is 4.90 Å². The van der Waals surface area contributed by atoms with Gasteiger partial charge in [-0.2, -0.15) is 0 Å². The van der Waals surface area contributed by atoms with Crippen LogP contribution in [0.3, 0.4) is 0 Å². The van der Waals surface area contributed by atoms with Gasteiger partial charge in [0.15, 0.2) is 0 Å². The number of rotatable bonds is 3. The van der Waals surface area contributed by atoms with Crippen molar-refractivity contribution in [1.82, 2.24) is 9.47 Å². The molecule has 0 saturated carbocycles. The molecule has 0 saturated heterocycles. The van der Waals surface area contributed by atoms with E-state index in [4.69, 9.17) is 0 Å². The summed E-state index contributed by atoms with van der Waals surface area (Å²) >= 11 is 0. The number of aryl methyl sites for hydroxylation is 2. The number of nitro groups is 1. The molecular formula is C24H23N3O3. The van der Waals surface area contributed by atoms with Crippen molar-refractivity contribution in [2.75, 3.05) is 6.54 Å². The largest absolute Gasteiger partial charge is 0.341 e. The van der Waals surface area contributed by atoms with Crippen molar-refractivity contribution >= 4 is 28.6 Å². The molecule has 1 aliphatic carbocycles. The van der Waals surface area contributed by atoms with E-state index < -0.39 is 4.92 Å². The van der Waals surface area contributed by atoms with Crippen LogP contribution in [0.2, 0.25) is 0 Å². The second kappa shape index (κ2) is 7.13. The molecule has 1 aromatic heterocycles. The Morgan fingerprint density at radius 1 is 1.17 bits per heavy atom. The van der Waals surface area contributed by atoms with Gasteiger partial charge in [0, 0.05) is 47.9 Å². The van der Waals surface area contributed by atoms with Crippen molar-refractivity contribution in [3.05, 3.63) is 81.0 Å². The Balaban J connectivity index is 1.44. The third-order valence-electron chi connectivity index (χ3n) is 6.33. The van der Waals surface area contributed by atoms with E-state index in [1.54, 1.807) is 24.3 Å². The molecule has 0 bridgehead atoms. The molecule has 0 fully saturated rings. The quantitative estimate of drug-likeness (QED) is 0.360. The first-order chi connectivity index (χ1) is 14.5. The standard InChI is InChI=1S/C24H23N3O3/c1-16-5-11-21-20(15-16)19-3-2-4-22-24(19)26(21)14-13-25(22)23(28)12-8-17-6-9-18(10-7-17)27(29)30/h5-12,15,22H,2-4,13-14H2,1H3/b12-8+. The summed E-state index contributed by atoms with van der Waals surface area (Å²) in [6.45, 7) is 3.63. The normalized spacial score (nSPS) is 18.0. The van der Waals surface area contributed by atoms with E-state index in [-0.39, 0.29) is 17.6 Å². The molecule has 2 aromatic carbocycles. The molecule has 0 radical (unpaired) electrons. The molecule has 1 amide bonds. The predicted molar refractivity (Wildman–Crippen MR) is 116 cm³/mol. The van der Waals surface area contributed by atoms with Gasteiger partial charge in [0.2, 0.25) is 5.91 Å². The van der Waals surface area contributed by atoms with Crippen LogP contribution in [-0.4, -0.2) is 26.8 Å². The van der Waals surface area contributed by atoms with Crippen molar-refractivity contribution in [2.45, 2.75) is 38.8 Å². The zero-order valence-corrected chi connectivity index (χ0v) is 16.9. The molecule has 6 nitrogen and oxygen atoms in total. The van der Waals surface area contributed by atoms with Gasteiger partial charge >= 0.3 is 0 Å². The molecule has 2 heterocycles. The summed E-state index contributed by atoms with van der Waals surface area (Å²) in [6, 6.07) is 13.0. The maximum atomic E-state index is 13.1. The highest BCUT2D eigenvalue weighted by Gasteiger charge is 2.36. The van der Waals surface area contributed by atoms with Crippen LogP contribution >= 0.6 is 0 Å². The zero-order valence-electron chi connectivity index (χ0n) is 16.9. The molecule has 1 aliphatic heterocycles. The lowest BCUT2D eigenvalue weighted by molar-refractivity contribution is -0.384. The highest BCUT2D eigenvalue weighted by molar-refractivity contribution is 5.93. The van der Waals surface area contributed by atoms with Gasteiger partial charge < -0.3 is 9.47 Å². The summed E-state index contributed by atoms with van der Waals surface area (Å²) in [5.74, 6) is -0.00103. The van der Waals surface area contributed by atoms with Crippen molar-refractivity contribution in [3.63, 3.8) is 0 Å². The van der Waals surface area contributed by atoms with Crippen molar-refractivity contribution < 1.29 is 9.72 Å². The van der Waals surface area contributed by atoms with Crippen LogP contribution < -0.4 is 0 Å². The Bertz CT molecular complexity index is 1190. The van der Waals surface area contributed by atoms with Crippen LogP contribution in [0.4, 0.5) is 5.69 Å². The fourth-order valence-corrected chi connectivity index (χ4v) is 4.95. The minimum absolute atomic E-state index is 0.00103. The summed E-state index contributed by atoms with van der Waals surface area (Å²) in [6.07, 6.45) is 6.47. The Labute approximate surface area is 174 Å². The summed E-state index contributed by atoms with van der Waals surface area (Å²) in [5.41, 5.74) is 6.09. The van der Waals surface area contributed by atoms with Gasteiger partial charge in [-0.3, -0.25) is 14.9 Å². The van der Waals surface area contributed by atoms with Gasteiger partial charge in [-0.25, -0.2) is 0 Å². The lowest BCUT2D eigenvalue weighted by Gasteiger charge is -2.39. The van der Waals surface area contributed by atoms with E-state index in [0.29, 0.717) is 6.54 Å². The third-order valence-corrected chi connectivity index (χ3v) is 6.33. The first-order valence-corrected chi connectivity index (χ1v) is 10.4. The lowest BCUT2D eigenvalue weighted by Crippen LogP contribution is -2.42. The first-order valence-electron chi connectivity index (χ1n) is 10.4. The highest BCUT2D eigenvalue weighted by Crippen LogP contribution is 2.42. The lowest BCUT2D eigenvalue weighted by atomic mass is 9.89. The predicted octanol–water partition coefficient (Wildman–Crippen LogP) is 4.79. The fourth-order valence-electron chi connectivity index (χ4n) is 4.95. The zero-order chi connectivity index (χ0) is 20.8. The summed E-state index contributed by atoms with van der Waals surface area (Å²) in [5, 5.41) is 12.1.